The predicted octanol–water partition coefficient (Wildman–Crippen LogP) is 2.01. The minimum atomic E-state index is -0.258. The van der Waals surface area contributed by atoms with Crippen LogP contribution in [0.15, 0.2) is 29.5 Å². The van der Waals surface area contributed by atoms with Crippen LogP contribution in [0.2, 0.25) is 5.15 Å². The van der Waals surface area contributed by atoms with Crippen molar-refractivity contribution >= 4 is 35.0 Å². The Morgan fingerprint density at radius 3 is 3.00 bits per heavy atom. The summed E-state index contributed by atoms with van der Waals surface area (Å²) in [7, 11) is 0. The molecule has 3 aromatic heterocycles. The molecule has 3 heterocycles. The summed E-state index contributed by atoms with van der Waals surface area (Å²) in [5, 5.41) is 3.86. The van der Waals surface area contributed by atoms with Gasteiger partial charge in [-0.1, -0.05) is 17.7 Å². The molecule has 0 aliphatic carbocycles. The number of aromatic nitrogens is 5. The van der Waals surface area contributed by atoms with Crippen molar-refractivity contribution in [2.45, 2.75) is 26.1 Å². The highest BCUT2D eigenvalue weighted by molar-refractivity contribution is 7.71. The van der Waals surface area contributed by atoms with E-state index in [0.29, 0.717) is 34.2 Å². The molecular formula is C14H15ClN6OS. The van der Waals surface area contributed by atoms with Crippen molar-refractivity contribution in [2.75, 3.05) is 0 Å². The molecule has 0 aliphatic rings. The molecule has 3 N–H and O–H groups in total. The number of halogens is 1. The first-order valence-electron chi connectivity index (χ1n) is 7.04. The summed E-state index contributed by atoms with van der Waals surface area (Å²) in [6, 6.07) is 3.80. The smallest absolute Gasteiger partial charge is 0.277 e. The number of nitrogens with one attached hydrogen (secondary N) is 3. The molecular weight excluding hydrogens is 336 g/mol. The SMILES string of the molecule is CC(Cn1c(=S)[nH]c(=O)c2[nH]cnc21)NCc1ccc(Cl)nc1. The molecule has 0 radical (unpaired) electrons. The van der Waals surface area contributed by atoms with E-state index in [1.807, 2.05) is 13.0 Å². The maximum atomic E-state index is 11.8. The van der Waals surface area contributed by atoms with Crippen LogP contribution in [0.1, 0.15) is 12.5 Å². The monoisotopic (exact) mass is 350 g/mol. The standard InChI is InChI=1S/C14H15ClN6OS/c1-8(16-4-9-2-3-10(15)17-5-9)6-21-12-11(18-7-19-12)13(22)20-14(21)23/h2-3,5,7-8,16H,4,6H2,1H3,(H,18,19)(H,20,22,23). The second-order valence-electron chi connectivity index (χ2n) is 5.24. The van der Waals surface area contributed by atoms with Crippen molar-refractivity contribution in [3.05, 3.63) is 50.5 Å². The van der Waals surface area contributed by atoms with Crippen LogP contribution in [-0.2, 0) is 13.1 Å². The van der Waals surface area contributed by atoms with Gasteiger partial charge in [0, 0.05) is 25.3 Å². The van der Waals surface area contributed by atoms with Crippen LogP contribution in [0.4, 0.5) is 0 Å². The van der Waals surface area contributed by atoms with Crippen LogP contribution in [0.3, 0.4) is 0 Å². The number of hydrogen-bond donors (Lipinski definition) is 3. The van der Waals surface area contributed by atoms with Gasteiger partial charge in [0.05, 0.1) is 6.33 Å². The normalized spacial score (nSPS) is 12.6. The molecule has 0 fully saturated rings. The van der Waals surface area contributed by atoms with Crippen LogP contribution < -0.4 is 10.9 Å². The molecule has 0 amide bonds. The number of imidazole rings is 1. The van der Waals surface area contributed by atoms with E-state index in [9.17, 15) is 4.79 Å². The van der Waals surface area contributed by atoms with E-state index in [2.05, 4.69) is 25.3 Å². The fourth-order valence-corrected chi connectivity index (χ4v) is 2.66. The molecule has 1 atom stereocenters. The highest BCUT2D eigenvalue weighted by Gasteiger charge is 2.11. The predicted molar refractivity (Wildman–Crippen MR) is 91.1 cm³/mol. The number of hydrogen-bond acceptors (Lipinski definition) is 5. The second kappa shape index (κ2) is 6.61. The van der Waals surface area contributed by atoms with Gasteiger partial charge in [-0.15, -0.1) is 0 Å². The third kappa shape index (κ3) is 3.49. The summed E-state index contributed by atoms with van der Waals surface area (Å²) in [6.45, 7) is 3.28. The average Bonchev–Trinajstić information content (AvgIpc) is 3.01. The molecule has 0 spiro atoms. The number of rotatable bonds is 5. The van der Waals surface area contributed by atoms with Gasteiger partial charge in [-0.2, -0.15) is 0 Å². The van der Waals surface area contributed by atoms with Crippen molar-refractivity contribution in [1.82, 2.24) is 29.8 Å². The van der Waals surface area contributed by atoms with Crippen molar-refractivity contribution in [3.63, 3.8) is 0 Å². The van der Waals surface area contributed by atoms with E-state index in [-0.39, 0.29) is 11.6 Å². The van der Waals surface area contributed by atoms with Crippen LogP contribution in [0.5, 0.6) is 0 Å². The lowest BCUT2D eigenvalue weighted by Crippen LogP contribution is -2.31. The summed E-state index contributed by atoms with van der Waals surface area (Å²) in [5.41, 5.74) is 1.76. The third-order valence-electron chi connectivity index (χ3n) is 3.47. The first-order chi connectivity index (χ1) is 11.0. The van der Waals surface area contributed by atoms with E-state index in [1.54, 1.807) is 16.8 Å². The zero-order valence-corrected chi connectivity index (χ0v) is 13.9. The van der Waals surface area contributed by atoms with Gasteiger partial charge in [0.15, 0.2) is 10.4 Å². The molecule has 0 aromatic carbocycles. The van der Waals surface area contributed by atoms with E-state index in [1.165, 1.54) is 6.33 Å². The molecule has 3 rings (SSSR count). The first-order valence-corrected chi connectivity index (χ1v) is 7.83. The Balaban J connectivity index is 1.74. The number of aromatic amines is 2. The number of H-pyrrole nitrogens is 2. The molecule has 7 nitrogen and oxygen atoms in total. The van der Waals surface area contributed by atoms with Gasteiger partial charge >= 0.3 is 0 Å². The van der Waals surface area contributed by atoms with Crippen LogP contribution >= 0.6 is 23.8 Å². The van der Waals surface area contributed by atoms with Gasteiger partial charge in [0.2, 0.25) is 0 Å². The van der Waals surface area contributed by atoms with E-state index < -0.39 is 0 Å². The minimum absolute atomic E-state index is 0.114. The zero-order valence-electron chi connectivity index (χ0n) is 12.3. The fraction of sp³-hybridized carbons (Fsp3) is 0.286. The molecule has 9 heteroatoms. The third-order valence-corrected chi connectivity index (χ3v) is 4.01. The Bertz CT molecular complexity index is 929. The first kappa shape index (κ1) is 15.9. The van der Waals surface area contributed by atoms with Crippen molar-refractivity contribution < 1.29 is 0 Å². The summed E-state index contributed by atoms with van der Waals surface area (Å²) in [4.78, 5) is 25.5. The summed E-state index contributed by atoms with van der Waals surface area (Å²) in [6.07, 6.45) is 3.22. The molecule has 0 saturated heterocycles. The van der Waals surface area contributed by atoms with E-state index in [0.717, 1.165) is 5.56 Å². The van der Waals surface area contributed by atoms with Gasteiger partial charge in [-0.25, -0.2) is 9.97 Å². The van der Waals surface area contributed by atoms with Crippen molar-refractivity contribution in [2.24, 2.45) is 0 Å². The van der Waals surface area contributed by atoms with Gasteiger partial charge in [-0.05, 0) is 30.8 Å². The Labute approximate surface area is 141 Å². The molecule has 0 saturated carbocycles. The fourth-order valence-electron chi connectivity index (χ4n) is 2.29. The molecule has 0 bridgehead atoms. The van der Waals surface area contributed by atoms with Gasteiger partial charge in [0.1, 0.15) is 10.7 Å². The average molecular weight is 351 g/mol. The Hall–Kier alpha value is -2.03. The lowest BCUT2D eigenvalue weighted by atomic mass is 10.2. The summed E-state index contributed by atoms with van der Waals surface area (Å²) >= 11 is 11.0. The largest absolute Gasteiger partial charge is 0.339 e. The van der Waals surface area contributed by atoms with Crippen molar-refractivity contribution in [1.29, 1.82) is 0 Å². The molecule has 0 aliphatic heterocycles. The lowest BCUT2D eigenvalue weighted by molar-refractivity contribution is 0.475. The lowest BCUT2D eigenvalue weighted by Gasteiger charge is -2.16. The maximum absolute atomic E-state index is 11.8. The van der Waals surface area contributed by atoms with Crippen molar-refractivity contribution in [3.8, 4) is 0 Å². The Kier molecular flexibility index (Phi) is 4.56. The number of nitrogens with zero attached hydrogens (tertiary/aromatic N) is 3. The van der Waals surface area contributed by atoms with E-state index >= 15 is 0 Å². The molecule has 1 unspecified atom stereocenters. The quantitative estimate of drug-likeness (QED) is 0.483. The van der Waals surface area contributed by atoms with Gasteiger partial charge in [-0.3, -0.25) is 14.3 Å². The van der Waals surface area contributed by atoms with Gasteiger partial charge in [0.25, 0.3) is 5.56 Å². The Morgan fingerprint density at radius 1 is 1.43 bits per heavy atom. The maximum Gasteiger partial charge on any atom is 0.277 e. The molecule has 3 aromatic rings. The van der Waals surface area contributed by atoms with Crippen LogP contribution in [0, 0.1) is 4.77 Å². The molecule has 23 heavy (non-hydrogen) atoms. The summed E-state index contributed by atoms with van der Waals surface area (Å²) < 4.78 is 2.16. The highest BCUT2D eigenvalue weighted by Crippen LogP contribution is 2.07. The topological polar surface area (TPSA) is 91.4 Å². The van der Waals surface area contributed by atoms with Gasteiger partial charge < -0.3 is 10.3 Å². The number of fused-ring (bicyclic) bond motifs is 1. The minimum Gasteiger partial charge on any atom is -0.339 e. The zero-order chi connectivity index (χ0) is 16.4. The van der Waals surface area contributed by atoms with Crippen LogP contribution in [0.25, 0.3) is 11.2 Å². The Morgan fingerprint density at radius 2 is 2.26 bits per heavy atom. The van der Waals surface area contributed by atoms with Crippen LogP contribution in [-0.4, -0.2) is 30.5 Å². The highest BCUT2D eigenvalue weighted by atomic mass is 35.5. The van der Waals surface area contributed by atoms with E-state index in [4.69, 9.17) is 23.8 Å². The molecule has 120 valence electrons. The summed E-state index contributed by atoms with van der Waals surface area (Å²) in [5.74, 6) is 0. The second-order valence-corrected chi connectivity index (χ2v) is 6.02. The number of pyridine rings is 1.